The number of Topliss-reactive ketones (excluding diaryl/α,β-unsaturated/α-hetero) is 1. The fraction of sp³-hybridized carbons (Fsp3) is 0.524. The van der Waals surface area contributed by atoms with Crippen LogP contribution in [0.1, 0.15) is 39.8 Å². The lowest BCUT2D eigenvalue weighted by atomic mass is 10.1. The third-order valence-electron chi connectivity index (χ3n) is 5.34. The van der Waals surface area contributed by atoms with Crippen molar-refractivity contribution < 1.29 is 14.3 Å². The number of rotatable bonds is 4. The Balaban J connectivity index is 1.75. The highest BCUT2D eigenvalue weighted by atomic mass is 16.5. The number of hydrogen-bond acceptors (Lipinski definition) is 6. The lowest BCUT2D eigenvalue weighted by Gasteiger charge is -2.20. The van der Waals surface area contributed by atoms with Gasteiger partial charge in [0.1, 0.15) is 24.3 Å². The first kappa shape index (κ1) is 19.6. The second kappa shape index (κ2) is 6.95. The smallest absolute Gasteiger partial charge is 0.225 e. The fourth-order valence-corrected chi connectivity index (χ4v) is 3.48. The topological polar surface area (TPSA) is 84.1 Å². The number of hydrogen-bond donors (Lipinski definition) is 0. The number of aromatic nitrogens is 5. The zero-order valence-corrected chi connectivity index (χ0v) is 17.8. The number of ketones is 1. The highest BCUT2D eigenvalue weighted by molar-refractivity contribution is 5.89. The summed E-state index contributed by atoms with van der Waals surface area (Å²) in [6, 6.07) is 1.96. The molecule has 29 heavy (non-hydrogen) atoms. The summed E-state index contributed by atoms with van der Waals surface area (Å²) in [6.45, 7) is 10.3. The molecule has 8 heteroatoms. The van der Waals surface area contributed by atoms with E-state index in [1.54, 1.807) is 6.20 Å². The molecule has 4 rings (SSSR count). The van der Waals surface area contributed by atoms with E-state index in [-0.39, 0.29) is 30.1 Å². The Bertz CT molecular complexity index is 1080. The number of carbonyl (C=O) groups excluding carboxylic acids is 1. The van der Waals surface area contributed by atoms with Crippen molar-refractivity contribution in [1.29, 1.82) is 0 Å². The van der Waals surface area contributed by atoms with E-state index in [4.69, 9.17) is 14.5 Å². The molecule has 0 unspecified atom stereocenters. The van der Waals surface area contributed by atoms with E-state index in [0.29, 0.717) is 12.3 Å². The van der Waals surface area contributed by atoms with Gasteiger partial charge in [-0.1, -0.05) is 0 Å². The van der Waals surface area contributed by atoms with Crippen molar-refractivity contribution in [2.75, 3.05) is 6.61 Å². The van der Waals surface area contributed by atoms with Crippen molar-refractivity contribution in [1.82, 2.24) is 24.5 Å². The van der Waals surface area contributed by atoms with Crippen LogP contribution in [-0.2, 0) is 22.1 Å². The third kappa shape index (κ3) is 3.64. The van der Waals surface area contributed by atoms with Gasteiger partial charge in [0.25, 0.3) is 0 Å². The number of pyridine rings is 1. The first-order valence-corrected chi connectivity index (χ1v) is 9.83. The molecule has 2 atom stereocenters. The van der Waals surface area contributed by atoms with Crippen LogP contribution in [0, 0.1) is 6.92 Å². The molecular weight excluding hydrogens is 370 g/mol. The van der Waals surface area contributed by atoms with Crippen LogP contribution >= 0.6 is 0 Å². The predicted octanol–water partition coefficient (Wildman–Crippen LogP) is 3.02. The molecule has 0 bridgehead atoms. The standard InChI is InChI=1S/C21H27N5O3/c1-12-19-17(24-25(12)6)8-16(14-9-22-26(10-14)21(3,4)5)23-20(19)29-13(2)18-7-15(27)11-28-18/h8-10,13,18H,7,11H2,1-6H3/t13-,18-/m1/s1. The molecule has 154 valence electrons. The number of fused-ring (bicyclic) bond motifs is 1. The Kier molecular flexibility index (Phi) is 4.69. The quantitative estimate of drug-likeness (QED) is 0.673. The average Bonchev–Trinajstić information content (AvgIpc) is 3.34. The maximum absolute atomic E-state index is 11.6. The summed E-state index contributed by atoms with van der Waals surface area (Å²) in [7, 11) is 1.90. The molecule has 3 aromatic rings. The number of ether oxygens (including phenoxy) is 2. The minimum atomic E-state index is -0.302. The molecule has 8 nitrogen and oxygen atoms in total. The maximum atomic E-state index is 11.6. The van der Waals surface area contributed by atoms with Crippen LogP contribution in [0.15, 0.2) is 18.5 Å². The largest absolute Gasteiger partial charge is 0.471 e. The van der Waals surface area contributed by atoms with Crippen LogP contribution in [0.2, 0.25) is 0 Å². The number of nitrogens with zero attached hydrogens (tertiary/aromatic N) is 5. The second-order valence-corrected chi connectivity index (χ2v) is 8.68. The fourth-order valence-electron chi connectivity index (χ4n) is 3.48. The normalized spacial score (nSPS) is 18.6. The predicted molar refractivity (Wildman–Crippen MR) is 109 cm³/mol. The molecule has 0 saturated carbocycles. The van der Waals surface area contributed by atoms with E-state index in [1.165, 1.54) is 0 Å². The number of aryl methyl sites for hydroxylation is 2. The first-order valence-electron chi connectivity index (χ1n) is 9.83. The van der Waals surface area contributed by atoms with Crippen LogP contribution in [-0.4, -0.2) is 49.1 Å². The van der Waals surface area contributed by atoms with Gasteiger partial charge in [0.05, 0.1) is 22.8 Å². The van der Waals surface area contributed by atoms with Crippen molar-refractivity contribution in [3.8, 4) is 17.1 Å². The Morgan fingerprint density at radius 1 is 1.34 bits per heavy atom. The summed E-state index contributed by atoms with van der Waals surface area (Å²) in [6.07, 6.45) is 3.60. The summed E-state index contributed by atoms with van der Waals surface area (Å²) in [5.74, 6) is 0.603. The van der Waals surface area contributed by atoms with E-state index >= 15 is 0 Å². The number of carbonyl (C=O) groups is 1. The Hall–Kier alpha value is -2.74. The molecule has 1 aliphatic heterocycles. The SMILES string of the molecule is Cc1c2c(O[C@H](C)[C@H]3CC(=O)CO3)nc(-c3cnn(C(C)(C)C)c3)cc2nn1C. The second-order valence-electron chi connectivity index (χ2n) is 8.68. The summed E-state index contributed by atoms with van der Waals surface area (Å²) in [5.41, 5.74) is 3.30. The van der Waals surface area contributed by atoms with Gasteiger partial charge in [-0.05, 0) is 40.7 Å². The van der Waals surface area contributed by atoms with E-state index in [1.807, 2.05) is 42.5 Å². The van der Waals surface area contributed by atoms with Crippen LogP contribution in [0.4, 0.5) is 0 Å². The molecule has 0 aliphatic carbocycles. The van der Waals surface area contributed by atoms with Crippen molar-refractivity contribution in [2.24, 2.45) is 7.05 Å². The van der Waals surface area contributed by atoms with Crippen molar-refractivity contribution in [3.05, 3.63) is 24.2 Å². The maximum Gasteiger partial charge on any atom is 0.225 e. The van der Waals surface area contributed by atoms with Gasteiger partial charge in [-0.2, -0.15) is 10.2 Å². The summed E-state index contributed by atoms with van der Waals surface area (Å²) >= 11 is 0. The molecule has 0 spiro atoms. The van der Waals surface area contributed by atoms with E-state index in [0.717, 1.165) is 27.9 Å². The molecule has 4 heterocycles. The van der Waals surface area contributed by atoms with Gasteiger partial charge in [0, 0.05) is 30.9 Å². The lowest BCUT2D eigenvalue weighted by Crippen LogP contribution is -2.28. The van der Waals surface area contributed by atoms with E-state index in [9.17, 15) is 4.79 Å². The molecule has 0 aromatic carbocycles. The van der Waals surface area contributed by atoms with Crippen LogP contribution in [0.3, 0.4) is 0 Å². The zero-order valence-electron chi connectivity index (χ0n) is 17.8. The van der Waals surface area contributed by atoms with Crippen LogP contribution in [0.25, 0.3) is 22.2 Å². The Morgan fingerprint density at radius 3 is 2.72 bits per heavy atom. The summed E-state index contributed by atoms with van der Waals surface area (Å²) in [4.78, 5) is 16.4. The van der Waals surface area contributed by atoms with Gasteiger partial charge in [0.2, 0.25) is 5.88 Å². The first-order chi connectivity index (χ1) is 13.6. The molecule has 0 radical (unpaired) electrons. The third-order valence-corrected chi connectivity index (χ3v) is 5.34. The van der Waals surface area contributed by atoms with Crippen LogP contribution < -0.4 is 4.74 Å². The van der Waals surface area contributed by atoms with Gasteiger partial charge in [-0.25, -0.2) is 4.98 Å². The molecule has 0 amide bonds. The average molecular weight is 397 g/mol. The highest BCUT2D eigenvalue weighted by Gasteiger charge is 2.30. The molecule has 1 saturated heterocycles. The van der Waals surface area contributed by atoms with Crippen molar-refractivity contribution in [2.45, 2.75) is 58.8 Å². The Labute approximate surface area is 169 Å². The van der Waals surface area contributed by atoms with Gasteiger partial charge < -0.3 is 9.47 Å². The molecule has 3 aromatic heterocycles. The molecular formula is C21H27N5O3. The monoisotopic (exact) mass is 397 g/mol. The van der Waals surface area contributed by atoms with Crippen molar-refractivity contribution in [3.63, 3.8) is 0 Å². The highest BCUT2D eigenvalue weighted by Crippen LogP contribution is 2.33. The van der Waals surface area contributed by atoms with Gasteiger partial charge in [0.15, 0.2) is 5.78 Å². The summed E-state index contributed by atoms with van der Waals surface area (Å²) < 4.78 is 15.5. The zero-order chi connectivity index (χ0) is 20.9. The van der Waals surface area contributed by atoms with Gasteiger partial charge in [-0.15, -0.1) is 0 Å². The van der Waals surface area contributed by atoms with Gasteiger partial charge >= 0.3 is 0 Å². The van der Waals surface area contributed by atoms with Crippen molar-refractivity contribution >= 4 is 16.7 Å². The lowest BCUT2D eigenvalue weighted by molar-refractivity contribution is -0.117. The minimum Gasteiger partial charge on any atom is -0.471 e. The van der Waals surface area contributed by atoms with E-state index in [2.05, 4.69) is 31.0 Å². The van der Waals surface area contributed by atoms with Gasteiger partial charge in [-0.3, -0.25) is 14.2 Å². The summed E-state index contributed by atoms with van der Waals surface area (Å²) in [5, 5.41) is 9.97. The molecule has 0 N–H and O–H groups in total. The van der Waals surface area contributed by atoms with Crippen LogP contribution in [0.5, 0.6) is 5.88 Å². The molecule has 1 aliphatic rings. The Morgan fingerprint density at radius 2 is 2.10 bits per heavy atom. The minimum absolute atomic E-state index is 0.101. The van der Waals surface area contributed by atoms with E-state index < -0.39 is 0 Å². The molecule has 1 fully saturated rings.